The molecule has 0 radical (unpaired) electrons. The van der Waals surface area contributed by atoms with Gasteiger partial charge >= 0.3 is 0 Å². The van der Waals surface area contributed by atoms with Gasteiger partial charge in [0.15, 0.2) is 5.96 Å². The molecule has 8 heteroatoms. The number of halogens is 1. The van der Waals surface area contributed by atoms with Crippen molar-refractivity contribution in [2.45, 2.75) is 38.9 Å². The van der Waals surface area contributed by atoms with Crippen LogP contribution in [-0.4, -0.2) is 50.1 Å². The standard InChI is InChI=1S/C24H33N5O2.HI/c1-18(30)28-22-14-20(11-12-23(22)31-3)15-26-24(25-2)27-16-21-10-7-13-29(21)17-19-8-5-4-6-9-19;/h4-6,8-9,11-12,14,21H,7,10,13,15-17H2,1-3H3,(H,28,30)(H2,25,26,27);1H. The number of hydrogen-bond donors (Lipinski definition) is 3. The normalized spacial score (nSPS) is 16.2. The number of carbonyl (C=O) groups excluding carboxylic acids is 1. The lowest BCUT2D eigenvalue weighted by Crippen LogP contribution is -2.44. The number of amides is 1. The lowest BCUT2D eigenvalue weighted by atomic mass is 10.1. The van der Waals surface area contributed by atoms with Crippen LogP contribution in [0.1, 0.15) is 30.9 Å². The predicted molar refractivity (Wildman–Crippen MR) is 141 cm³/mol. The highest BCUT2D eigenvalue weighted by Crippen LogP contribution is 2.25. The zero-order valence-electron chi connectivity index (χ0n) is 19.1. The Bertz CT molecular complexity index is 891. The number of nitrogens with zero attached hydrogens (tertiary/aromatic N) is 2. The summed E-state index contributed by atoms with van der Waals surface area (Å²) in [6, 6.07) is 16.9. The van der Waals surface area contributed by atoms with E-state index in [9.17, 15) is 4.79 Å². The van der Waals surface area contributed by atoms with Crippen LogP contribution in [0, 0.1) is 0 Å². The molecule has 0 aromatic heterocycles. The molecule has 0 saturated carbocycles. The number of likely N-dealkylation sites (tertiary alicyclic amines) is 1. The van der Waals surface area contributed by atoms with Gasteiger partial charge in [-0.3, -0.25) is 14.7 Å². The van der Waals surface area contributed by atoms with Crippen LogP contribution in [0.2, 0.25) is 0 Å². The predicted octanol–water partition coefficient (Wildman–Crippen LogP) is 3.60. The molecular weight excluding hydrogens is 517 g/mol. The molecule has 3 rings (SSSR count). The minimum atomic E-state index is -0.127. The first-order chi connectivity index (χ1) is 15.1. The van der Waals surface area contributed by atoms with E-state index in [4.69, 9.17) is 4.74 Å². The van der Waals surface area contributed by atoms with Crippen LogP contribution in [0.3, 0.4) is 0 Å². The smallest absolute Gasteiger partial charge is 0.221 e. The number of hydrogen-bond acceptors (Lipinski definition) is 4. The van der Waals surface area contributed by atoms with E-state index in [1.165, 1.54) is 25.3 Å². The molecule has 1 aliphatic heterocycles. The summed E-state index contributed by atoms with van der Waals surface area (Å²) in [6.45, 7) is 5.04. The van der Waals surface area contributed by atoms with Gasteiger partial charge < -0.3 is 20.7 Å². The maximum atomic E-state index is 11.4. The molecule has 1 fully saturated rings. The van der Waals surface area contributed by atoms with Gasteiger partial charge in [0.1, 0.15) is 5.75 Å². The molecule has 1 saturated heterocycles. The highest BCUT2D eigenvalue weighted by molar-refractivity contribution is 14.0. The third-order valence-electron chi connectivity index (χ3n) is 5.49. The Balaban J connectivity index is 0.00000363. The van der Waals surface area contributed by atoms with Gasteiger partial charge in [0, 0.05) is 39.6 Å². The van der Waals surface area contributed by atoms with E-state index in [0.717, 1.165) is 31.2 Å². The van der Waals surface area contributed by atoms with Crippen LogP contribution in [0.4, 0.5) is 5.69 Å². The molecule has 32 heavy (non-hydrogen) atoms. The second-order valence-electron chi connectivity index (χ2n) is 7.77. The number of anilines is 1. The van der Waals surface area contributed by atoms with Crippen molar-refractivity contribution >= 4 is 41.5 Å². The van der Waals surface area contributed by atoms with E-state index in [0.29, 0.717) is 24.0 Å². The lowest BCUT2D eigenvalue weighted by Gasteiger charge is -2.25. The van der Waals surface area contributed by atoms with Gasteiger partial charge in [0.25, 0.3) is 0 Å². The van der Waals surface area contributed by atoms with Gasteiger partial charge in [0.2, 0.25) is 5.91 Å². The summed E-state index contributed by atoms with van der Waals surface area (Å²) < 4.78 is 5.32. The van der Waals surface area contributed by atoms with E-state index in [2.05, 4.69) is 56.2 Å². The third-order valence-corrected chi connectivity index (χ3v) is 5.49. The average molecular weight is 551 g/mol. The van der Waals surface area contributed by atoms with E-state index in [1.54, 1.807) is 14.2 Å². The lowest BCUT2D eigenvalue weighted by molar-refractivity contribution is -0.114. The summed E-state index contributed by atoms with van der Waals surface area (Å²) in [5, 5.41) is 9.64. The SMILES string of the molecule is CN=C(NCc1ccc(OC)c(NC(C)=O)c1)NCC1CCCN1Cc1ccccc1.I. The molecular formula is C24H34IN5O2. The van der Waals surface area contributed by atoms with Crippen LogP contribution < -0.4 is 20.7 Å². The molecule has 0 aliphatic carbocycles. The number of aliphatic imine (C=N–C) groups is 1. The molecule has 0 spiro atoms. The average Bonchev–Trinajstić information content (AvgIpc) is 3.21. The molecule has 3 N–H and O–H groups in total. The summed E-state index contributed by atoms with van der Waals surface area (Å²) in [7, 11) is 3.37. The molecule has 7 nitrogen and oxygen atoms in total. The number of methoxy groups -OCH3 is 1. The Morgan fingerprint density at radius 1 is 1.16 bits per heavy atom. The summed E-state index contributed by atoms with van der Waals surface area (Å²) in [6.07, 6.45) is 2.42. The Labute approximate surface area is 208 Å². The molecule has 174 valence electrons. The maximum absolute atomic E-state index is 11.4. The van der Waals surface area contributed by atoms with E-state index in [1.807, 2.05) is 18.2 Å². The minimum Gasteiger partial charge on any atom is -0.495 e. The Kier molecular flexibility index (Phi) is 10.8. The topological polar surface area (TPSA) is 78.0 Å². The number of carbonyl (C=O) groups is 1. The fraction of sp³-hybridized carbons (Fsp3) is 0.417. The zero-order valence-corrected chi connectivity index (χ0v) is 21.4. The quantitative estimate of drug-likeness (QED) is 0.266. The Morgan fingerprint density at radius 3 is 2.62 bits per heavy atom. The van der Waals surface area contributed by atoms with Crippen molar-refractivity contribution in [3.05, 3.63) is 59.7 Å². The van der Waals surface area contributed by atoms with Crippen molar-refractivity contribution in [1.82, 2.24) is 15.5 Å². The third kappa shape index (κ3) is 7.67. The second kappa shape index (κ2) is 13.3. The van der Waals surface area contributed by atoms with E-state index >= 15 is 0 Å². The number of rotatable bonds is 8. The van der Waals surface area contributed by atoms with Crippen molar-refractivity contribution in [3.8, 4) is 5.75 Å². The van der Waals surface area contributed by atoms with Crippen molar-refractivity contribution in [1.29, 1.82) is 0 Å². The highest BCUT2D eigenvalue weighted by atomic mass is 127. The number of benzene rings is 2. The van der Waals surface area contributed by atoms with E-state index in [-0.39, 0.29) is 29.9 Å². The Hall–Kier alpha value is -2.33. The van der Waals surface area contributed by atoms with Crippen LogP contribution in [0.5, 0.6) is 5.75 Å². The molecule has 2 aromatic carbocycles. The fourth-order valence-corrected chi connectivity index (χ4v) is 3.93. The van der Waals surface area contributed by atoms with Gasteiger partial charge in [-0.15, -0.1) is 24.0 Å². The minimum absolute atomic E-state index is 0. The highest BCUT2D eigenvalue weighted by Gasteiger charge is 2.24. The summed E-state index contributed by atoms with van der Waals surface area (Å²) in [4.78, 5) is 18.3. The molecule has 0 bridgehead atoms. The first-order valence-corrected chi connectivity index (χ1v) is 10.8. The summed E-state index contributed by atoms with van der Waals surface area (Å²) in [5.41, 5.74) is 3.05. The number of guanidine groups is 1. The van der Waals surface area contributed by atoms with Gasteiger partial charge in [-0.25, -0.2) is 0 Å². The van der Waals surface area contributed by atoms with Crippen LogP contribution in [0.15, 0.2) is 53.5 Å². The van der Waals surface area contributed by atoms with Crippen LogP contribution in [-0.2, 0) is 17.9 Å². The maximum Gasteiger partial charge on any atom is 0.221 e. The first kappa shape index (κ1) is 25.9. The fourth-order valence-electron chi connectivity index (χ4n) is 3.93. The molecule has 1 amide bonds. The second-order valence-corrected chi connectivity index (χ2v) is 7.77. The molecule has 1 atom stereocenters. The number of ether oxygens (including phenoxy) is 1. The summed E-state index contributed by atoms with van der Waals surface area (Å²) in [5.74, 6) is 1.28. The van der Waals surface area contributed by atoms with Crippen LogP contribution >= 0.6 is 24.0 Å². The molecule has 1 unspecified atom stereocenters. The van der Waals surface area contributed by atoms with Crippen molar-refractivity contribution in [2.75, 3.05) is 32.6 Å². The monoisotopic (exact) mass is 551 g/mol. The molecule has 2 aromatic rings. The largest absolute Gasteiger partial charge is 0.495 e. The number of nitrogens with one attached hydrogen (secondary N) is 3. The Morgan fingerprint density at radius 2 is 1.94 bits per heavy atom. The zero-order chi connectivity index (χ0) is 22.1. The van der Waals surface area contributed by atoms with Gasteiger partial charge in [-0.05, 0) is 42.6 Å². The van der Waals surface area contributed by atoms with Crippen molar-refractivity contribution in [3.63, 3.8) is 0 Å². The first-order valence-electron chi connectivity index (χ1n) is 10.8. The van der Waals surface area contributed by atoms with E-state index < -0.39 is 0 Å². The van der Waals surface area contributed by atoms with Gasteiger partial charge in [-0.1, -0.05) is 36.4 Å². The van der Waals surface area contributed by atoms with Gasteiger partial charge in [-0.2, -0.15) is 0 Å². The van der Waals surface area contributed by atoms with Crippen molar-refractivity contribution in [2.24, 2.45) is 4.99 Å². The van der Waals surface area contributed by atoms with Crippen molar-refractivity contribution < 1.29 is 9.53 Å². The summed E-state index contributed by atoms with van der Waals surface area (Å²) >= 11 is 0. The van der Waals surface area contributed by atoms with Gasteiger partial charge in [0.05, 0.1) is 12.8 Å². The molecule has 1 heterocycles. The molecule has 1 aliphatic rings. The van der Waals surface area contributed by atoms with Crippen LogP contribution in [0.25, 0.3) is 0 Å².